The molecule has 0 radical (unpaired) electrons. The highest BCUT2D eigenvalue weighted by Gasteiger charge is 2.43. The number of halogens is 2. The van der Waals surface area contributed by atoms with E-state index in [1.807, 2.05) is 0 Å². The Morgan fingerprint density at radius 2 is 2.06 bits per heavy atom. The quantitative estimate of drug-likeness (QED) is 0.356. The summed E-state index contributed by atoms with van der Waals surface area (Å²) in [5, 5.41) is 14.9. The van der Waals surface area contributed by atoms with Crippen LogP contribution in [0.5, 0.6) is 0 Å². The van der Waals surface area contributed by atoms with Crippen LogP contribution in [0, 0.1) is 17.7 Å². The summed E-state index contributed by atoms with van der Waals surface area (Å²) in [6, 6.07) is 4.55. The molecule has 1 saturated carbocycles. The Kier molecular flexibility index (Phi) is 11.1. The Hall–Kier alpha value is -1.41. The van der Waals surface area contributed by atoms with Gasteiger partial charge in [-0.15, -0.1) is 0 Å². The predicted molar refractivity (Wildman–Crippen MR) is 138 cm³/mol. The number of hydrogen-bond donors (Lipinski definition) is 3. The summed E-state index contributed by atoms with van der Waals surface area (Å²) in [4.78, 5) is 14.7. The number of rotatable bonds is 11. The van der Waals surface area contributed by atoms with Crippen LogP contribution < -0.4 is 11.1 Å². The van der Waals surface area contributed by atoms with Crippen LogP contribution in [0.1, 0.15) is 76.2 Å². The maximum Gasteiger partial charge on any atom is 0.317 e. The van der Waals surface area contributed by atoms with E-state index >= 15 is 4.39 Å². The van der Waals surface area contributed by atoms with Gasteiger partial charge in [0, 0.05) is 50.9 Å². The molecule has 198 valence electrons. The van der Waals surface area contributed by atoms with E-state index in [1.54, 1.807) is 24.1 Å². The highest BCUT2D eigenvalue weighted by atomic mass is 35.5. The Labute approximate surface area is 214 Å². The molecule has 35 heavy (non-hydrogen) atoms. The van der Waals surface area contributed by atoms with E-state index in [0.717, 1.165) is 19.3 Å². The van der Waals surface area contributed by atoms with Crippen LogP contribution in [0.3, 0.4) is 0 Å². The van der Waals surface area contributed by atoms with E-state index in [2.05, 4.69) is 5.32 Å². The number of likely N-dealkylation sites (tertiary alicyclic amines) is 1. The number of methoxy groups -OCH3 is 1. The van der Waals surface area contributed by atoms with Crippen molar-refractivity contribution in [3.63, 3.8) is 0 Å². The van der Waals surface area contributed by atoms with Crippen molar-refractivity contribution < 1.29 is 19.0 Å². The van der Waals surface area contributed by atoms with E-state index in [9.17, 15) is 9.90 Å². The molecule has 6 nitrogen and oxygen atoms in total. The lowest BCUT2D eigenvalue weighted by Crippen LogP contribution is -2.52. The van der Waals surface area contributed by atoms with E-state index in [1.165, 1.54) is 38.2 Å². The molecule has 1 aliphatic heterocycles. The Morgan fingerprint density at radius 1 is 1.29 bits per heavy atom. The molecule has 8 heteroatoms. The van der Waals surface area contributed by atoms with Gasteiger partial charge in [0.15, 0.2) is 0 Å². The number of benzene rings is 1. The maximum atomic E-state index is 15.1. The van der Waals surface area contributed by atoms with Crippen LogP contribution in [-0.2, 0) is 10.3 Å². The zero-order chi connectivity index (χ0) is 25.3. The number of nitrogens with two attached hydrogens (primary N) is 1. The van der Waals surface area contributed by atoms with Crippen molar-refractivity contribution in [1.82, 2.24) is 10.2 Å². The predicted octanol–water partition coefficient (Wildman–Crippen LogP) is 5.20. The number of unbranched alkanes of at least 4 members (excludes halogenated alkanes) is 1. The van der Waals surface area contributed by atoms with Gasteiger partial charge in [-0.05, 0) is 50.5 Å². The van der Waals surface area contributed by atoms with Crippen molar-refractivity contribution in [2.45, 2.75) is 82.3 Å². The molecule has 1 saturated heterocycles. The first-order chi connectivity index (χ1) is 16.8. The molecule has 3 atom stereocenters. The summed E-state index contributed by atoms with van der Waals surface area (Å²) < 4.78 is 20.2. The fourth-order valence-electron chi connectivity index (χ4n) is 5.85. The van der Waals surface area contributed by atoms with Crippen molar-refractivity contribution in [3.05, 3.63) is 34.6 Å². The smallest absolute Gasteiger partial charge is 0.317 e. The number of carbonyl (C=O) groups excluding carboxylic acids is 1. The standard InChI is InChI=1S/C27H43ClFN3O3/c1-35-16-6-5-14-27(34,23-12-7-13-24(28)25(23)29)21-11-8-15-32(19-21)26(33)31-18-22(30)17-20-9-3-2-4-10-20/h7,12-13,20-22,34H,2-6,8-11,14-19,30H2,1H3,(H,31,33)/t21-,22+,27+/m1/s1. The highest BCUT2D eigenvalue weighted by molar-refractivity contribution is 6.30. The molecular weight excluding hydrogens is 469 g/mol. The molecule has 1 aliphatic carbocycles. The van der Waals surface area contributed by atoms with Gasteiger partial charge in [0.1, 0.15) is 5.82 Å². The van der Waals surface area contributed by atoms with Crippen molar-refractivity contribution in [2.75, 3.05) is 33.4 Å². The molecule has 3 rings (SSSR count). The number of aliphatic hydroxyl groups is 1. The normalized spacial score (nSPS) is 22.0. The van der Waals surface area contributed by atoms with Gasteiger partial charge in [-0.2, -0.15) is 0 Å². The zero-order valence-corrected chi connectivity index (χ0v) is 21.9. The summed E-state index contributed by atoms with van der Waals surface area (Å²) in [6.07, 6.45) is 10.5. The average Bonchev–Trinajstić information content (AvgIpc) is 2.87. The molecule has 2 fully saturated rings. The minimum atomic E-state index is -1.42. The second-order valence-electron chi connectivity index (χ2n) is 10.4. The minimum Gasteiger partial charge on any atom is -0.385 e. The first kappa shape index (κ1) is 28.2. The van der Waals surface area contributed by atoms with Gasteiger partial charge in [0.25, 0.3) is 0 Å². The number of ether oxygens (including phenoxy) is 1. The van der Waals surface area contributed by atoms with Gasteiger partial charge in [0.2, 0.25) is 0 Å². The molecule has 1 aromatic rings. The van der Waals surface area contributed by atoms with E-state index < -0.39 is 11.4 Å². The van der Waals surface area contributed by atoms with Gasteiger partial charge in [-0.3, -0.25) is 0 Å². The van der Waals surface area contributed by atoms with Crippen LogP contribution in [-0.4, -0.2) is 55.4 Å². The van der Waals surface area contributed by atoms with Crippen LogP contribution >= 0.6 is 11.6 Å². The second kappa shape index (κ2) is 13.8. The lowest BCUT2D eigenvalue weighted by Gasteiger charge is -2.43. The van der Waals surface area contributed by atoms with E-state index in [4.69, 9.17) is 22.1 Å². The second-order valence-corrected chi connectivity index (χ2v) is 10.9. The number of nitrogens with zero attached hydrogens (tertiary/aromatic N) is 1. The average molecular weight is 512 g/mol. The number of amides is 2. The molecule has 2 aliphatic rings. The van der Waals surface area contributed by atoms with Gasteiger partial charge in [-0.1, -0.05) is 55.8 Å². The Balaban J connectivity index is 1.63. The topological polar surface area (TPSA) is 87.8 Å². The SMILES string of the molecule is COCCCC[C@@](O)(c1cccc(Cl)c1F)[C@@H]1CCCN(C(=O)NC[C@@H](N)CC2CCCCC2)C1. The van der Waals surface area contributed by atoms with Crippen molar-refractivity contribution in [1.29, 1.82) is 0 Å². The fourth-order valence-corrected chi connectivity index (χ4v) is 6.03. The van der Waals surface area contributed by atoms with E-state index in [0.29, 0.717) is 51.4 Å². The molecule has 1 aromatic carbocycles. The van der Waals surface area contributed by atoms with Gasteiger partial charge < -0.3 is 25.8 Å². The van der Waals surface area contributed by atoms with Crippen molar-refractivity contribution in [2.24, 2.45) is 17.6 Å². The zero-order valence-electron chi connectivity index (χ0n) is 21.1. The molecule has 0 unspecified atom stereocenters. The third-order valence-electron chi connectivity index (χ3n) is 7.83. The maximum absolute atomic E-state index is 15.1. The third-order valence-corrected chi connectivity index (χ3v) is 8.13. The van der Waals surface area contributed by atoms with E-state index in [-0.39, 0.29) is 28.6 Å². The Bertz CT molecular complexity index is 808. The van der Waals surface area contributed by atoms with Crippen LogP contribution in [0.15, 0.2) is 18.2 Å². The van der Waals surface area contributed by atoms with Gasteiger partial charge in [0.05, 0.1) is 10.6 Å². The van der Waals surface area contributed by atoms with Crippen LogP contribution in [0.4, 0.5) is 9.18 Å². The number of hydrogen-bond acceptors (Lipinski definition) is 4. The summed E-state index contributed by atoms with van der Waals surface area (Å²) >= 11 is 6.07. The lowest BCUT2D eigenvalue weighted by atomic mass is 9.74. The molecular formula is C27H43ClFN3O3. The minimum absolute atomic E-state index is 0.00446. The summed E-state index contributed by atoms with van der Waals surface area (Å²) in [7, 11) is 1.64. The monoisotopic (exact) mass is 511 g/mol. The molecule has 0 bridgehead atoms. The molecule has 4 N–H and O–H groups in total. The lowest BCUT2D eigenvalue weighted by molar-refractivity contribution is -0.0586. The van der Waals surface area contributed by atoms with Gasteiger partial charge >= 0.3 is 6.03 Å². The fraction of sp³-hybridized carbons (Fsp3) is 0.741. The molecule has 1 heterocycles. The van der Waals surface area contributed by atoms with Crippen molar-refractivity contribution >= 4 is 17.6 Å². The number of nitrogens with one attached hydrogen (secondary N) is 1. The molecule has 0 spiro atoms. The van der Waals surface area contributed by atoms with Crippen LogP contribution in [0.2, 0.25) is 5.02 Å². The first-order valence-electron chi connectivity index (χ1n) is 13.3. The number of urea groups is 1. The first-order valence-corrected chi connectivity index (χ1v) is 13.7. The highest BCUT2D eigenvalue weighted by Crippen LogP contribution is 2.42. The molecule has 0 aromatic heterocycles. The Morgan fingerprint density at radius 3 is 2.80 bits per heavy atom. The van der Waals surface area contributed by atoms with Crippen molar-refractivity contribution in [3.8, 4) is 0 Å². The number of carbonyl (C=O) groups is 1. The van der Waals surface area contributed by atoms with Gasteiger partial charge in [-0.25, -0.2) is 9.18 Å². The number of piperidine rings is 1. The molecule has 2 amide bonds. The van der Waals surface area contributed by atoms with Crippen LogP contribution in [0.25, 0.3) is 0 Å². The summed E-state index contributed by atoms with van der Waals surface area (Å²) in [6.45, 7) is 1.99. The third kappa shape index (κ3) is 7.78. The largest absolute Gasteiger partial charge is 0.385 e. The summed E-state index contributed by atoms with van der Waals surface area (Å²) in [5.41, 5.74) is 5.12. The summed E-state index contributed by atoms with van der Waals surface area (Å²) in [5.74, 6) is -0.220.